The van der Waals surface area contributed by atoms with Gasteiger partial charge in [-0.05, 0) is 19.8 Å². The molecule has 2 saturated heterocycles. The zero-order valence-electron chi connectivity index (χ0n) is 13.5. The van der Waals surface area contributed by atoms with Gasteiger partial charge in [-0.3, -0.25) is 9.36 Å². The Hall–Kier alpha value is -1.86. The van der Waals surface area contributed by atoms with Gasteiger partial charge in [0.25, 0.3) is 5.56 Å². The van der Waals surface area contributed by atoms with E-state index in [-0.39, 0.29) is 23.1 Å². The van der Waals surface area contributed by atoms with Crippen molar-refractivity contribution < 1.29 is 4.74 Å². The quantitative estimate of drug-likeness (QED) is 0.795. The van der Waals surface area contributed by atoms with Gasteiger partial charge < -0.3 is 20.4 Å². The van der Waals surface area contributed by atoms with Gasteiger partial charge in [-0.1, -0.05) is 0 Å². The smallest absolute Gasteiger partial charge is 0.264 e. The van der Waals surface area contributed by atoms with Gasteiger partial charge in [-0.25, -0.2) is 0 Å². The highest BCUT2D eigenvalue weighted by atomic mass is 16.5. The Morgan fingerprint density at radius 2 is 2.22 bits per heavy atom. The van der Waals surface area contributed by atoms with Crippen LogP contribution in [0.25, 0.3) is 11.0 Å². The van der Waals surface area contributed by atoms with Crippen LogP contribution in [-0.2, 0) is 11.8 Å². The number of anilines is 1. The topological polar surface area (TPSA) is 89.2 Å². The van der Waals surface area contributed by atoms with E-state index in [0.29, 0.717) is 17.0 Å². The molecule has 0 aromatic carbocycles. The number of hydrogen-bond donors (Lipinski definition) is 2. The second kappa shape index (κ2) is 5.07. The fraction of sp³-hybridized carbons (Fsp3) is 0.625. The lowest BCUT2D eigenvalue weighted by atomic mass is 9.73. The van der Waals surface area contributed by atoms with E-state index in [1.165, 1.54) is 0 Å². The van der Waals surface area contributed by atoms with E-state index in [2.05, 4.69) is 20.9 Å². The maximum Gasteiger partial charge on any atom is 0.264 e. The average molecular weight is 316 g/mol. The number of ether oxygens (including phenoxy) is 1. The number of fused-ring (bicyclic) bond motifs is 1. The zero-order chi connectivity index (χ0) is 16.2. The largest absolute Gasteiger partial charge is 0.376 e. The van der Waals surface area contributed by atoms with Crippen LogP contribution in [0.1, 0.15) is 19.8 Å². The minimum atomic E-state index is -0.0685. The molecule has 2 atom stereocenters. The summed E-state index contributed by atoms with van der Waals surface area (Å²) in [4.78, 5) is 22.2. The molecule has 2 aromatic heterocycles. The minimum absolute atomic E-state index is 0.0685. The van der Waals surface area contributed by atoms with Crippen molar-refractivity contribution in [2.45, 2.75) is 31.9 Å². The number of nitrogens with two attached hydrogens (primary N) is 1. The highest BCUT2D eigenvalue weighted by Gasteiger charge is 2.47. The molecule has 0 unspecified atom stereocenters. The highest BCUT2D eigenvalue weighted by molar-refractivity contribution is 5.74. The van der Waals surface area contributed by atoms with Crippen LogP contribution < -0.4 is 16.2 Å². The third-order valence-electron chi connectivity index (χ3n) is 5.58. The maximum absolute atomic E-state index is 12.4. The van der Waals surface area contributed by atoms with Crippen LogP contribution >= 0.6 is 0 Å². The second-order valence-corrected chi connectivity index (χ2v) is 6.82. The molecule has 23 heavy (non-hydrogen) atoms. The van der Waals surface area contributed by atoms with Crippen molar-refractivity contribution in [3.8, 4) is 0 Å². The van der Waals surface area contributed by atoms with Gasteiger partial charge in [0.1, 0.15) is 5.65 Å². The third-order valence-corrected chi connectivity index (χ3v) is 5.58. The molecule has 7 nitrogen and oxygen atoms in total. The Balaban J connectivity index is 1.62. The van der Waals surface area contributed by atoms with Crippen molar-refractivity contribution in [1.29, 1.82) is 0 Å². The van der Waals surface area contributed by atoms with Gasteiger partial charge >= 0.3 is 0 Å². The lowest BCUT2D eigenvalue weighted by molar-refractivity contribution is 0.0973. The fourth-order valence-corrected chi connectivity index (χ4v) is 3.91. The van der Waals surface area contributed by atoms with Crippen LogP contribution in [0.15, 0.2) is 11.0 Å². The lowest BCUT2D eigenvalue weighted by Crippen LogP contribution is -2.51. The molecule has 3 N–H and O–H groups in total. The number of rotatable bonds is 1. The molecular weight excluding hydrogens is 294 g/mol. The van der Waals surface area contributed by atoms with Gasteiger partial charge in [0.05, 0.1) is 18.1 Å². The van der Waals surface area contributed by atoms with E-state index < -0.39 is 0 Å². The highest BCUT2D eigenvalue weighted by Crippen LogP contribution is 2.41. The summed E-state index contributed by atoms with van der Waals surface area (Å²) in [6.45, 7) is 4.45. The molecule has 2 aromatic rings. The standard InChI is InChI=1S/C16H22N5O2/c1-10-12(17)16(9-23-10)4-7-21(8-5-16)15-19-13-11(3-6-18-13)14(22)20(15)2/h6,10,12,18H,4-5,7-9,17H2,1-2H3/t10-,12+/m0/s1. The van der Waals surface area contributed by atoms with Crippen molar-refractivity contribution in [2.24, 2.45) is 18.2 Å². The summed E-state index contributed by atoms with van der Waals surface area (Å²) < 4.78 is 7.38. The summed E-state index contributed by atoms with van der Waals surface area (Å²) >= 11 is 0. The SMILES string of the molecule is C[C@@H]1OCC2(CCN(c3nc4[nH]c[c]c4c(=O)n3C)CC2)[C@@H]1N. The fourth-order valence-electron chi connectivity index (χ4n) is 3.91. The Kier molecular flexibility index (Phi) is 3.24. The number of aromatic amines is 1. The summed E-state index contributed by atoms with van der Waals surface area (Å²) in [6.07, 6.45) is 3.67. The molecule has 4 heterocycles. The summed E-state index contributed by atoms with van der Waals surface area (Å²) in [5.41, 5.74) is 6.96. The first kappa shape index (κ1) is 14.7. The second-order valence-electron chi connectivity index (χ2n) is 6.82. The average Bonchev–Trinajstić information content (AvgIpc) is 3.13. The van der Waals surface area contributed by atoms with Gasteiger partial charge in [-0.15, -0.1) is 0 Å². The molecule has 0 bridgehead atoms. The molecule has 123 valence electrons. The van der Waals surface area contributed by atoms with E-state index in [1.54, 1.807) is 17.8 Å². The van der Waals surface area contributed by atoms with Crippen molar-refractivity contribution in [3.63, 3.8) is 0 Å². The van der Waals surface area contributed by atoms with Crippen LogP contribution in [0.2, 0.25) is 0 Å². The molecule has 0 saturated carbocycles. The zero-order valence-corrected chi connectivity index (χ0v) is 13.5. The van der Waals surface area contributed by atoms with Gasteiger partial charge in [0.15, 0.2) is 0 Å². The van der Waals surface area contributed by atoms with Crippen LogP contribution in [0.3, 0.4) is 0 Å². The first-order valence-corrected chi connectivity index (χ1v) is 8.10. The molecule has 2 aliphatic rings. The Labute approximate surface area is 134 Å². The number of H-pyrrole nitrogens is 1. The van der Waals surface area contributed by atoms with Crippen LogP contribution in [0, 0.1) is 11.5 Å². The number of nitrogens with one attached hydrogen (secondary N) is 1. The summed E-state index contributed by atoms with van der Waals surface area (Å²) in [5.74, 6) is 0.703. The number of nitrogens with zero attached hydrogens (tertiary/aromatic N) is 3. The van der Waals surface area contributed by atoms with Crippen molar-refractivity contribution >= 4 is 17.0 Å². The number of aromatic nitrogens is 3. The third kappa shape index (κ3) is 2.10. The van der Waals surface area contributed by atoms with Gasteiger partial charge in [-0.2, -0.15) is 4.98 Å². The predicted octanol–water partition coefficient (Wildman–Crippen LogP) is 0.394. The van der Waals surface area contributed by atoms with Gasteiger partial charge in [0.2, 0.25) is 5.95 Å². The Bertz CT molecular complexity index is 787. The molecule has 1 spiro atoms. The normalized spacial score (nSPS) is 27.2. The molecule has 2 aliphatic heterocycles. The van der Waals surface area contributed by atoms with Crippen LogP contribution in [-0.4, -0.2) is 46.4 Å². The minimum Gasteiger partial charge on any atom is -0.376 e. The summed E-state index contributed by atoms with van der Waals surface area (Å²) in [5, 5.41) is 0.504. The van der Waals surface area contributed by atoms with Gasteiger partial charge in [0, 0.05) is 43.9 Å². The monoisotopic (exact) mass is 316 g/mol. The number of piperidine rings is 1. The molecule has 4 rings (SSSR count). The van der Waals surface area contributed by atoms with E-state index in [1.807, 2.05) is 6.92 Å². The first-order chi connectivity index (χ1) is 11.0. The summed E-state index contributed by atoms with van der Waals surface area (Å²) in [6, 6.07) is 2.99. The van der Waals surface area contributed by atoms with Crippen molar-refractivity contribution in [3.05, 3.63) is 22.6 Å². The maximum atomic E-state index is 12.4. The first-order valence-electron chi connectivity index (χ1n) is 8.10. The van der Waals surface area contributed by atoms with E-state index in [9.17, 15) is 4.79 Å². The molecule has 7 heteroatoms. The lowest BCUT2D eigenvalue weighted by Gasteiger charge is -2.41. The van der Waals surface area contributed by atoms with Crippen LogP contribution in [0.4, 0.5) is 5.95 Å². The predicted molar refractivity (Wildman–Crippen MR) is 87.4 cm³/mol. The van der Waals surface area contributed by atoms with Crippen molar-refractivity contribution in [2.75, 3.05) is 24.6 Å². The van der Waals surface area contributed by atoms with E-state index in [4.69, 9.17) is 10.5 Å². The molecular formula is C16H22N5O2. The Morgan fingerprint density at radius 3 is 2.87 bits per heavy atom. The van der Waals surface area contributed by atoms with Crippen molar-refractivity contribution in [1.82, 2.24) is 14.5 Å². The summed E-state index contributed by atoms with van der Waals surface area (Å²) in [7, 11) is 1.77. The molecule has 1 radical (unpaired) electrons. The molecule has 0 aliphatic carbocycles. The van der Waals surface area contributed by atoms with E-state index in [0.717, 1.165) is 32.5 Å². The molecule has 0 amide bonds. The van der Waals surface area contributed by atoms with E-state index >= 15 is 0 Å². The van der Waals surface area contributed by atoms with Crippen LogP contribution in [0.5, 0.6) is 0 Å². The molecule has 2 fully saturated rings. The Morgan fingerprint density at radius 1 is 1.48 bits per heavy atom. The number of hydrogen-bond acceptors (Lipinski definition) is 5.